The Kier molecular flexibility index (Phi) is 6.37. The Morgan fingerprint density at radius 1 is 1.19 bits per heavy atom. The van der Waals surface area contributed by atoms with Crippen molar-refractivity contribution in [2.45, 2.75) is 65.5 Å². The van der Waals surface area contributed by atoms with Gasteiger partial charge in [0.15, 0.2) is 0 Å². The van der Waals surface area contributed by atoms with E-state index in [4.69, 9.17) is 4.74 Å². The van der Waals surface area contributed by atoms with Gasteiger partial charge in [-0.25, -0.2) is 0 Å². The molecular weight excluding hydrogens is 198 g/mol. The van der Waals surface area contributed by atoms with Crippen molar-refractivity contribution in [2.24, 2.45) is 5.92 Å². The summed E-state index contributed by atoms with van der Waals surface area (Å²) < 4.78 is 5.89. The van der Waals surface area contributed by atoms with E-state index < -0.39 is 0 Å². The molecule has 16 heavy (non-hydrogen) atoms. The maximum atomic E-state index is 5.89. The first-order valence-corrected chi connectivity index (χ1v) is 7.00. The highest BCUT2D eigenvalue weighted by atomic mass is 16.5. The molecule has 1 heterocycles. The lowest BCUT2D eigenvalue weighted by Crippen LogP contribution is -2.44. The number of nitrogens with zero attached hydrogens (tertiary/aromatic N) is 1. The van der Waals surface area contributed by atoms with Crippen LogP contribution < -0.4 is 0 Å². The molecule has 0 saturated carbocycles. The number of unbranched alkanes of at least 4 members (excludes halogenated alkanes) is 1. The average molecular weight is 227 g/mol. The molecule has 1 atom stereocenters. The zero-order valence-corrected chi connectivity index (χ0v) is 11.5. The molecule has 0 spiro atoms. The van der Waals surface area contributed by atoms with Crippen LogP contribution in [0.1, 0.15) is 53.4 Å². The highest BCUT2D eigenvalue weighted by Gasteiger charge is 2.24. The monoisotopic (exact) mass is 227 g/mol. The van der Waals surface area contributed by atoms with E-state index in [2.05, 4.69) is 32.6 Å². The summed E-state index contributed by atoms with van der Waals surface area (Å²) in [6.45, 7) is 12.6. The topological polar surface area (TPSA) is 12.5 Å². The summed E-state index contributed by atoms with van der Waals surface area (Å²) >= 11 is 0. The normalized spacial score (nSPS) is 21.6. The van der Waals surface area contributed by atoms with E-state index in [1.807, 2.05) is 0 Å². The van der Waals surface area contributed by atoms with Crippen LogP contribution >= 0.6 is 0 Å². The third-order valence-corrected chi connectivity index (χ3v) is 3.87. The van der Waals surface area contributed by atoms with Crippen LogP contribution in [0.5, 0.6) is 0 Å². The predicted molar refractivity (Wildman–Crippen MR) is 69.8 cm³/mol. The summed E-state index contributed by atoms with van der Waals surface area (Å²) in [6, 6.07) is 0.719. The molecule has 0 amide bonds. The van der Waals surface area contributed by atoms with Gasteiger partial charge in [-0.05, 0) is 32.1 Å². The quantitative estimate of drug-likeness (QED) is 0.645. The molecule has 0 aromatic rings. The minimum absolute atomic E-state index is 0.530. The van der Waals surface area contributed by atoms with E-state index in [9.17, 15) is 0 Å². The van der Waals surface area contributed by atoms with Gasteiger partial charge < -0.3 is 9.64 Å². The van der Waals surface area contributed by atoms with Crippen LogP contribution in [-0.2, 0) is 4.74 Å². The highest BCUT2D eigenvalue weighted by molar-refractivity contribution is 4.78. The van der Waals surface area contributed by atoms with Crippen LogP contribution in [0.25, 0.3) is 0 Å². The molecule has 0 bridgehead atoms. The third kappa shape index (κ3) is 4.42. The van der Waals surface area contributed by atoms with Crippen molar-refractivity contribution in [3.63, 3.8) is 0 Å². The van der Waals surface area contributed by atoms with Crippen molar-refractivity contribution >= 4 is 0 Å². The smallest absolute Gasteiger partial charge is 0.0599 e. The molecule has 1 rings (SSSR count). The number of hydrogen-bond acceptors (Lipinski definition) is 2. The first-order chi connectivity index (χ1) is 7.65. The Balaban J connectivity index is 2.18. The number of ether oxygens (including phenoxy) is 1. The van der Waals surface area contributed by atoms with Crippen molar-refractivity contribution in [1.29, 1.82) is 0 Å². The van der Waals surface area contributed by atoms with E-state index in [1.54, 1.807) is 0 Å². The maximum Gasteiger partial charge on any atom is 0.0599 e. The Hall–Kier alpha value is -0.0800. The van der Waals surface area contributed by atoms with Crippen LogP contribution in [-0.4, -0.2) is 36.7 Å². The number of hydrogen-bond donors (Lipinski definition) is 0. The molecule has 2 nitrogen and oxygen atoms in total. The van der Waals surface area contributed by atoms with Gasteiger partial charge in [0, 0.05) is 25.7 Å². The molecule has 0 unspecified atom stereocenters. The van der Waals surface area contributed by atoms with Gasteiger partial charge in [-0.3, -0.25) is 0 Å². The molecule has 0 N–H and O–H groups in total. The van der Waals surface area contributed by atoms with Gasteiger partial charge in [0.2, 0.25) is 0 Å². The van der Waals surface area contributed by atoms with Gasteiger partial charge in [0.05, 0.1) is 6.10 Å². The standard InChI is InChI=1S/C14H29NO/c1-5-6-11-16-14-7-9-15(10-8-14)13(4)12(2)3/h12-14H,5-11H2,1-4H3/t13-/m0/s1. The zero-order valence-electron chi connectivity index (χ0n) is 11.5. The van der Waals surface area contributed by atoms with Crippen molar-refractivity contribution in [3.05, 3.63) is 0 Å². The van der Waals surface area contributed by atoms with Gasteiger partial charge in [0.1, 0.15) is 0 Å². The molecule has 0 aromatic carbocycles. The second-order valence-electron chi connectivity index (χ2n) is 5.44. The summed E-state index contributed by atoms with van der Waals surface area (Å²) in [5, 5.41) is 0. The van der Waals surface area contributed by atoms with Gasteiger partial charge >= 0.3 is 0 Å². The molecule has 0 aliphatic carbocycles. The lowest BCUT2D eigenvalue weighted by molar-refractivity contribution is -0.00571. The van der Waals surface area contributed by atoms with Gasteiger partial charge in [-0.15, -0.1) is 0 Å². The number of piperidine rings is 1. The van der Waals surface area contributed by atoms with E-state index in [-0.39, 0.29) is 0 Å². The number of rotatable bonds is 6. The summed E-state index contributed by atoms with van der Waals surface area (Å²) in [7, 11) is 0. The Morgan fingerprint density at radius 2 is 1.81 bits per heavy atom. The molecule has 1 fully saturated rings. The van der Waals surface area contributed by atoms with Crippen LogP contribution in [0.4, 0.5) is 0 Å². The molecule has 1 aliphatic rings. The molecule has 0 radical (unpaired) electrons. The Bertz CT molecular complexity index is 174. The molecule has 96 valence electrons. The molecule has 2 heteroatoms. The van der Waals surface area contributed by atoms with Gasteiger partial charge in [-0.1, -0.05) is 27.2 Å². The Labute approximate surface area is 101 Å². The summed E-state index contributed by atoms with van der Waals surface area (Å²) in [5.74, 6) is 0.762. The van der Waals surface area contributed by atoms with Crippen molar-refractivity contribution in [3.8, 4) is 0 Å². The Morgan fingerprint density at radius 3 is 2.31 bits per heavy atom. The minimum atomic E-state index is 0.530. The first-order valence-electron chi connectivity index (χ1n) is 7.00. The highest BCUT2D eigenvalue weighted by Crippen LogP contribution is 2.19. The maximum absolute atomic E-state index is 5.89. The molecule has 1 aliphatic heterocycles. The van der Waals surface area contributed by atoms with Crippen LogP contribution in [0.3, 0.4) is 0 Å². The van der Waals surface area contributed by atoms with E-state index >= 15 is 0 Å². The van der Waals surface area contributed by atoms with Gasteiger partial charge in [0.25, 0.3) is 0 Å². The van der Waals surface area contributed by atoms with E-state index in [1.165, 1.54) is 38.8 Å². The van der Waals surface area contributed by atoms with Crippen LogP contribution in [0.15, 0.2) is 0 Å². The second kappa shape index (κ2) is 7.29. The molecular formula is C14H29NO. The summed E-state index contributed by atoms with van der Waals surface area (Å²) in [4.78, 5) is 2.62. The fourth-order valence-electron chi connectivity index (χ4n) is 2.27. The first kappa shape index (κ1) is 14.0. The second-order valence-corrected chi connectivity index (χ2v) is 5.44. The van der Waals surface area contributed by atoms with Crippen molar-refractivity contribution in [1.82, 2.24) is 4.90 Å². The van der Waals surface area contributed by atoms with Crippen LogP contribution in [0, 0.1) is 5.92 Å². The lowest BCUT2D eigenvalue weighted by atomic mass is 10.00. The zero-order chi connectivity index (χ0) is 12.0. The largest absolute Gasteiger partial charge is 0.378 e. The summed E-state index contributed by atoms with van der Waals surface area (Å²) in [5.41, 5.74) is 0. The third-order valence-electron chi connectivity index (χ3n) is 3.87. The predicted octanol–water partition coefficient (Wildman–Crippen LogP) is 3.31. The minimum Gasteiger partial charge on any atom is -0.378 e. The van der Waals surface area contributed by atoms with Gasteiger partial charge in [-0.2, -0.15) is 0 Å². The van der Waals surface area contributed by atoms with E-state index in [0.29, 0.717) is 6.10 Å². The summed E-state index contributed by atoms with van der Waals surface area (Å²) in [6.07, 6.45) is 5.43. The SMILES string of the molecule is CCCCOC1CCN([C@@H](C)C(C)C)CC1. The lowest BCUT2D eigenvalue weighted by Gasteiger charge is -2.37. The number of likely N-dealkylation sites (tertiary alicyclic amines) is 1. The van der Waals surface area contributed by atoms with Crippen molar-refractivity contribution in [2.75, 3.05) is 19.7 Å². The fraction of sp³-hybridized carbons (Fsp3) is 1.00. The average Bonchev–Trinajstić information content (AvgIpc) is 2.29. The van der Waals surface area contributed by atoms with E-state index in [0.717, 1.165) is 18.6 Å². The van der Waals surface area contributed by atoms with Crippen molar-refractivity contribution < 1.29 is 4.74 Å². The van der Waals surface area contributed by atoms with Crippen LogP contribution in [0.2, 0.25) is 0 Å². The fourth-order valence-corrected chi connectivity index (χ4v) is 2.27. The molecule has 0 aromatic heterocycles. The molecule has 1 saturated heterocycles.